The van der Waals surface area contributed by atoms with E-state index >= 15 is 0 Å². The first-order valence-electron chi connectivity index (χ1n) is 7.01. The van der Waals surface area contributed by atoms with Crippen LogP contribution in [0, 0.1) is 0 Å². The average molecular weight is 329 g/mol. The number of hydrogen-bond acceptors (Lipinski definition) is 5. The van der Waals surface area contributed by atoms with Crippen molar-refractivity contribution in [2.75, 3.05) is 6.61 Å². The zero-order valence-corrected chi connectivity index (χ0v) is 12.6. The molecule has 0 saturated heterocycles. The first-order chi connectivity index (χ1) is 11.6. The van der Waals surface area contributed by atoms with Crippen LogP contribution in [-0.2, 0) is 20.9 Å². The Kier molecular flexibility index (Phi) is 5.84. The number of carbonyl (C=O) groups is 3. The number of esters is 1. The third-order valence-electron chi connectivity index (χ3n) is 2.91. The number of carbonyl (C=O) groups excluding carboxylic acids is 3. The molecule has 0 unspecified atom stereocenters. The molecule has 0 saturated carbocycles. The van der Waals surface area contributed by atoms with Gasteiger partial charge in [0.05, 0.1) is 0 Å². The van der Waals surface area contributed by atoms with Gasteiger partial charge in [0.1, 0.15) is 6.54 Å². The predicted molar refractivity (Wildman–Crippen MR) is 83.7 cm³/mol. The molecule has 2 rings (SSSR count). The molecule has 2 aromatic rings. The van der Waals surface area contributed by atoms with Crippen molar-refractivity contribution >= 4 is 17.8 Å². The molecule has 0 aliphatic heterocycles. The smallest absolute Gasteiger partial charge is 0.326 e. The second-order valence-corrected chi connectivity index (χ2v) is 4.70. The highest BCUT2D eigenvalue weighted by atomic mass is 16.5. The summed E-state index contributed by atoms with van der Waals surface area (Å²) in [6, 6.07) is 12.7. The highest BCUT2D eigenvalue weighted by Gasteiger charge is 2.10. The molecule has 0 atom stereocenters. The van der Waals surface area contributed by atoms with Gasteiger partial charge in [0.15, 0.2) is 6.61 Å². The third kappa shape index (κ3) is 5.09. The van der Waals surface area contributed by atoms with Crippen LogP contribution in [0.25, 0.3) is 0 Å². The Labute approximate surface area is 137 Å². The molecule has 24 heavy (non-hydrogen) atoms. The number of amides is 2. The lowest BCUT2D eigenvalue weighted by atomic mass is 10.2. The number of nitrogens with zero attached hydrogens (tertiary/aromatic N) is 1. The maximum absolute atomic E-state index is 11.7. The van der Waals surface area contributed by atoms with Gasteiger partial charge in [-0.15, -0.1) is 0 Å². The Morgan fingerprint density at radius 2 is 1.67 bits per heavy atom. The van der Waals surface area contributed by atoms with E-state index in [0.29, 0.717) is 5.56 Å². The molecule has 0 fully saturated rings. The van der Waals surface area contributed by atoms with Gasteiger partial charge < -0.3 is 9.30 Å². The van der Waals surface area contributed by atoms with Gasteiger partial charge in [0, 0.05) is 17.8 Å². The second kappa shape index (κ2) is 8.28. The fourth-order valence-electron chi connectivity index (χ4n) is 1.75. The van der Waals surface area contributed by atoms with E-state index in [1.807, 2.05) is 0 Å². The lowest BCUT2D eigenvalue weighted by Gasteiger charge is -2.08. The summed E-state index contributed by atoms with van der Waals surface area (Å²) in [6.45, 7) is -0.876. The van der Waals surface area contributed by atoms with E-state index in [9.17, 15) is 19.2 Å². The van der Waals surface area contributed by atoms with Gasteiger partial charge >= 0.3 is 5.97 Å². The van der Waals surface area contributed by atoms with Crippen LogP contribution >= 0.6 is 0 Å². The minimum absolute atomic E-state index is 0.302. The summed E-state index contributed by atoms with van der Waals surface area (Å²) in [5.41, 5.74) is 4.34. The van der Waals surface area contributed by atoms with Gasteiger partial charge in [0.2, 0.25) is 0 Å². The van der Waals surface area contributed by atoms with Crippen molar-refractivity contribution in [3.63, 3.8) is 0 Å². The molecular weight excluding hydrogens is 314 g/mol. The molecule has 0 aliphatic carbocycles. The van der Waals surface area contributed by atoms with Crippen molar-refractivity contribution < 1.29 is 19.1 Å². The summed E-state index contributed by atoms with van der Waals surface area (Å²) < 4.78 is 5.89. The van der Waals surface area contributed by atoms with E-state index in [4.69, 9.17) is 4.74 Å². The van der Waals surface area contributed by atoms with Crippen LogP contribution in [0.15, 0.2) is 59.5 Å². The highest BCUT2D eigenvalue weighted by Crippen LogP contribution is 1.96. The van der Waals surface area contributed by atoms with Crippen molar-refractivity contribution in [3.8, 4) is 0 Å². The van der Waals surface area contributed by atoms with Crippen LogP contribution in [0.2, 0.25) is 0 Å². The van der Waals surface area contributed by atoms with Gasteiger partial charge in [0.25, 0.3) is 17.4 Å². The van der Waals surface area contributed by atoms with E-state index < -0.39 is 24.4 Å². The average Bonchev–Trinajstić information content (AvgIpc) is 2.60. The Bertz CT molecular complexity index is 786. The molecular formula is C16H15N3O5. The minimum Gasteiger partial charge on any atom is -0.454 e. The normalized spacial score (nSPS) is 9.83. The molecule has 0 spiro atoms. The maximum atomic E-state index is 11.7. The molecule has 124 valence electrons. The third-order valence-corrected chi connectivity index (χ3v) is 2.91. The van der Waals surface area contributed by atoms with Gasteiger partial charge in [-0.25, -0.2) is 0 Å². The van der Waals surface area contributed by atoms with Crippen LogP contribution in [0.4, 0.5) is 0 Å². The van der Waals surface area contributed by atoms with Crippen molar-refractivity contribution in [2.24, 2.45) is 0 Å². The number of benzene rings is 1. The standard InChI is InChI=1S/C16H15N3O5/c20-13(17-18-16(23)12-6-2-1-3-7-12)11-24-15(22)10-19-9-5-4-8-14(19)21/h1-9H,10-11H2,(H,17,20)(H,18,23). The summed E-state index contributed by atoms with van der Waals surface area (Å²) in [7, 11) is 0. The molecule has 0 bridgehead atoms. The quantitative estimate of drug-likeness (QED) is 0.586. The molecule has 1 heterocycles. The fraction of sp³-hybridized carbons (Fsp3) is 0.125. The molecule has 1 aromatic heterocycles. The summed E-state index contributed by atoms with van der Waals surface area (Å²) in [4.78, 5) is 46.2. The molecule has 8 nitrogen and oxygen atoms in total. The van der Waals surface area contributed by atoms with E-state index in [2.05, 4.69) is 10.9 Å². The summed E-state index contributed by atoms with van der Waals surface area (Å²) in [6.07, 6.45) is 1.43. The second-order valence-electron chi connectivity index (χ2n) is 4.70. The fourth-order valence-corrected chi connectivity index (χ4v) is 1.75. The number of hydrazine groups is 1. The predicted octanol–water partition coefficient (Wildman–Crippen LogP) is -0.147. The molecule has 1 aromatic carbocycles. The molecule has 2 N–H and O–H groups in total. The first kappa shape index (κ1) is 16.9. The van der Waals surface area contributed by atoms with Crippen molar-refractivity contribution in [2.45, 2.75) is 6.54 Å². The van der Waals surface area contributed by atoms with Crippen LogP contribution in [0.1, 0.15) is 10.4 Å². The summed E-state index contributed by atoms with van der Waals surface area (Å²) in [5.74, 6) is -1.94. The van der Waals surface area contributed by atoms with Crippen LogP contribution in [-0.4, -0.2) is 29.0 Å². The Balaban J connectivity index is 1.73. The van der Waals surface area contributed by atoms with E-state index in [-0.39, 0.29) is 12.1 Å². The lowest BCUT2D eigenvalue weighted by molar-refractivity contribution is -0.149. The molecule has 0 radical (unpaired) electrons. The highest BCUT2D eigenvalue weighted by molar-refractivity contribution is 5.95. The number of rotatable bonds is 5. The SMILES string of the molecule is O=C(COC(=O)Cn1ccccc1=O)NNC(=O)c1ccccc1. The zero-order valence-electron chi connectivity index (χ0n) is 12.6. The minimum atomic E-state index is -0.743. The Morgan fingerprint density at radius 1 is 0.958 bits per heavy atom. The van der Waals surface area contributed by atoms with Crippen molar-refractivity contribution in [1.29, 1.82) is 0 Å². The van der Waals surface area contributed by atoms with Crippen LogP contribution in [0.5, 0.6) is 0 Å². The number of aromatic nitrogens is 1. The van der Waals surface area contributed by atoms with Crippen molar-refractivity contribution in [1.82, 2.24) is 15.4 Å². The van der Waals surface area contributed by atoms with Crippen LogP contribution in [0.3, 0.4) is 0 Å². The topological polar surface area (TPSA) is 106 Å². The molecule has 0 aliphatic rings. The first-order valence-corrected chi connectivity index (χ1v) is 7.01. The number of pyridine rings is 1. The molecule has 2 amide bonds. The number of nitrogens with one attached hydrogen (secondary N) is 2. The summed E-state index contributed by atoms with van der Waals surface area (Å²) in [5, 5.41) is 0. The lowest BCUT2D eigenvalue weighted by Crippen LogP contribution is -2.43. The Morgan fingerprint density at radius 3 is 2.38 bits per heavy atom. The monoisotopic (exact) mass is 329 g/mol. The van der Waals surface area contributed by atoms with E-state index in [1.54, 1.807) is 42.5 Å². The van der Waals surface area contributed by atoms with Gasteiger partial charge in [-0.2, -0.15) is 0 Å². The van der Waals surface area contributed by atoms with E-state index in [1.165, 1.54) is 12.3 Å². The largest absolute Gasteiger partial charge is 0.454 e. The number of ether oxygens (including phenoxy) is 1. The molecule has 8 heteroatoms. The Hall–Kier alpha value is -3.42. The van der Waals surface area contributed by atoms with E-state index in [0.717, 1.165) is 4.57 Å². The van der Waals surface area contributed by atoms with Crippen LogP contribution < -0.4 is 16.4 Å². The van der Waals surface area contributed by atoms with Gasteiger partial charge in [-0.3, -0.25) is 30.0 Å². The van der Waals surface area contributed by atoms with Gasteiger partial charge in [-0.05, 0) is 18.2 Å². The van der Waals surface area contributed by atoms with Gasteiger partial charge in [-0.1, -0.05) is 24.3 Å². The van der Waals surface area contributed by atoms with Crippen molar-refractivity contribution in [3.05, 3.63) is 70.6 Å². The summed E-state index contributed by atoms with van der Waals surface area (Å²) >= 11 is 0. The zero-order chi connectivity index (χ0) is 17.4. The number of hydrogen-bond donors (Lipinski definition) is 2. The maximum Gasteiger partial charge on any atom is 0.326 e.